The standard InChI is InChI=1S/C24H29N5O4/c1-31-20-14-17(15-21(32-2)22(20)33-3)26-24-27-18-8-7-16(23(30)28-10-4-5-11-28)13-19(18)29(24)12-6-9-25/h4-5,7-8,13-15H,6,9-12,25H2,1-3H3,(H,26,27). The molecule has 2 aromatic carbocycles. The number of aromatic nitrogens is 2. The van der Waals surface area contributed by atoms with Crippen LogP contribution < -0.4 is 25.3 Å². The number of ether oxygens (including phenoxy) is 3. The number of amides is 1. The molecule has 33 heavy (non-hydrogen) atoms. The van der Waals surface area contributed by atoms with Crippen LogP contribution in [-0.4, -0.2) is 61.3 Å². The van der Waals surface area contributed by atoms with Gasteiger partial charge in [-0.1, -0.05) is 12.2 Å². The summed E-state index contributed by atoms with van der Waals surface area (Å²) in [6, 6.07) is 9.25. The highest BCUT2D eigenvalue weighted by Gasteiger charge is 2.20. The molecular weight excluding hydrogens is 422 g/mol. The molecule has 9 heteroatoms. The molecule has 0 saturated carbocycles. The van der Waals surface area contributed by atoms with Crippen LogP contribution in [-0.2, 0) is 6.54 Å². The van der Waals surface area contributed by atoms with E-state index in [4.69, 9.17) is 24.9 Å². The number of carbonyl (C=O) groups is 1. The average molecular weight is 452 g/mol. The van der Waals surface area contributed by atoms with Crippen LogP contribution >= 0.6 is 0 Å². The molecule has 3 aromatic rings. The van der Waals surface area contributed by atoms with Gasteiger partial charge in [0.05, 0.1) is 32.4 Å². The average Bonchev–Trinajstić information content (AvgIpc) is 3.49. The Kier molecular flexibility index (Phi) is 6.69. The predicted octanol–water partition coefficient (Wildman–Crippen LogP) is 3.17. The molecule has 1 amide bonds. The third kappa shape index (κ3) is 4.45. The topological polar surface area (TPSA) is 104 Å². The van der Waals surface area contributed by atoms with Gasteiger partial charge in [-0.25, -0.2) is 4.98 Å². The number of rotatable bonds is 9. The van der Waals surface area contributed by atoms with Crippen LogP contribution in [0.3, 0.4) is 0 Å². The number of hydrogen-bond acceptors (Lipinski definition) is 7. The zero-order valence-corrected chi connectivity index (χ0v) is 19.1. The zero-order valence-electron chi connectivity index (χ0n) is 19.1. The maximum atomic E-state index is 12.9. The van der Waals surface area contributed by atoms with Gasteiger partial charge in [-0.15, -0.1) is 0 Å². The highest BCUT2D eigenvalue weighted by molar-refractivity contribution is 5.98. The Labute approximate surface area is 192 Å². The number of nitrogens with two attached hydrogens (primary N) is 1. The van der Waals surface area contributed by atoms with Gasteiger partial charge in [-0.05, 0) is 31.2 Å². The second-order valence-corrected chi connectivity index (χ2v) is 7.65. The van der Waals surface area contributed by atoms with Crippen molar-refractivity contribution >= 4 is 28.6 Å². The molecule has 0 fully saturated rings. The van der Waals surface area contributed by atoms with Crippen molar-refractivity contribution in [3.05, 3.63) is 48.0 Å². The molecule has 174 valence electrons. The van der Waals surface area contributed by atoms with E-state index in [0.29, 0.717) is 54.9 Å². The molecule has 2 heterocycles. The van der Waals surface area contributed by atoms with Crippen LogP contribution in [0.15, 0.2) is 42.5 Å². The van der Waals surface area contributed by atoms with Crippen molar-refractivity contribution in [3.63, 3.8) is 0 Å². The third-order valence-corrected chi connectivity index (χ3v) is 5.61. The van der Waals surface area contributed by atoms with Crippen LogP contribution in [0, 0.1) is 0 Å². The summed E-state index contributed by atoms with van der Waals surface area (Å²) in [5.74, 6) is 2.24. The van der Waals surface area contributed by atoms with Crippen molar-refractivity contribution in [2.45, 2.75) is 13.0 Å². The van der Waals surface area contributed by atoms with Gasteiger partial charge in [0.25, 0.3) is 5.91 Å². The van der Waals surface area contributed by atoms with Crippen molar-refractivity contribution in [1.29, 1.82) is 0 Å². The highest BCUT2D eigenvalue weighted by atomic mass is 16.5. The first-order chi connectivity index (χ1) is 16.1. The van der Waals surface area contributed by atoms with E-state index in [1.807, 2.05) is 47.1 Å². The molecule has 0 radical (unpaired) electrons. The van der Waals surface area contributed by atoms with Crippen molar-refractivity contribution in [2.24, 2.45) is 5.73 Å². The van der Waals surface area contributed by atoms with Gasteiger partial charge in [-0.3, -0.25) is 4.79 Å². The Bertz CT molecular complexity index is 1150. The first-order valence-electron chi connectivity index (χ1n) is 10.8. The lowest BCUT2D eigenvalue weighted by Gasteiger charge is -2.16. The van der Waals surface area contributed by atoms with E-state index in [2.05, 4.69) is 5.32 Å². The van der Waals surface area contributed by atoms with Gasteiger partial charge in [0, 0.05) is 43.0 Å². The van der Waals surface area contributed by atoms with Gasteiger partial charge in [-0.2, -0.15) is 0 Å². The van der Waals surface area contributed by atoms with Crippen LogP contribution in [0.1, 0.15) is 16.8 Å². The van der Waals surface area contributed by atoms with E-state index in [1.54, 1.807) is 26.2 Å². The fraction of sp³-hybridized carbons (Fsp3) is 0.333. The van der Waals surface area contributed by atoms with E-state index < -0.39 is 0 Å². The van der Waals surface area contributed by atoms with Crippen molar-refractivity contribution in [3.8, 4) is 17.2 Å². The first kappa shape index (κ1) is 22.5. The molecule has 3 N–H and O–H groups in total. The number of carbonyl (C=O) groups excluding carboxylic acids is 1. The van der Waals surface area contributed by atoms with Crippen LogP contribution in [0.4, 0.5) is 11.6 Å². The summed E-state index contributed by atoms with van der Waals surface area (Å²) >= 11 is 0. The molecular formula is C24H29N5O4. The van der Waals surface area contributed by atoms with E-state index >= 15 is 0 Å². The molecule has 0 saturated heterocycles. The monoisotopic (exact) mass is 451 g/mol. The number of hydrogen-bond donors (Lipinski definition) is 2. The van der Waals surface area contributed by atoms with Crippen LogP contribution in [0.25, 0.3) is 11.0 Å². The highest BCUT2D eigenvalue weighted by Crippen LogP contribution is 2.40. The Morgan fingerprint density at radius 2 is 1.76 bits per heavy atom. The second kappa shape index (κ2) is 9.83. The molecule has 4 rings (SSSR count). The Hall–Kier alpha value is -3.72. The summed E-state index contributed by atoms with van der Waals surface area (Å²) in [7, 11) is 4.72. The van der Waals surface area contributed by atoms with Gasteiger partial charge < -0.3 is 34.7 Å². The number of methoxy groups -OCH3 is 3. The molecule has 0 bridgehead atoms. The summed E-state index contributed by atoms with van der Waals surface area (Å²) in [6.45, 7) is 2.47. The Balaban J connectivity index is 1.73. The lowest BCUT2D eigenvalue weighted by molar-refractivity contribution is 0.0800. The van der Waals surface area contributed by atoms with Crippen molar-refractivity contribution in [2.75, 3.05) is 46.3 Å². The number of imidazole rings is 1. The largest absolute Gasteiger partial charge is 0.493 e. The molecule has 0 unspecified atom stereocenters. The zero-order chi connectivity index (χ0) is 23.4. The minimum Gasteiger partial charge on any atom is -0.493 e. The minimum atomic E-state index is 0.00705. The molecule has 0 atom stereocenters. The molecule has 9 nitrogen and oxygen atoms in total. The summed E-state index contributed by atoms with van der Waals surface area (Å²) < 4.78 is 18.4. The Morgan fingerprint density at radius 3 is 2.36 bits per heavy atom. The number of anilines is 2. The molecule has 1 aliphatic rings. The summed E-state index contributed by atoms with van der Waals surface area (Å²) in [4.78, 5) is 19.5. The fourth-order valence-electron chi connectivity index (χ4n) is 3.94. The SMILES string of the molecule is COc1cc(Nc2nc3ccc(C(=O)N4CC=CC4)cc3n2CCCN)cc(OC)c1OC. The summed E-state index contributed by atoms with van der Waals surface area (Å²) in [5, 5.41) is 3.37. The van der Waals surface area contributed by atoms with Crippen LogP contribution in [0.5, 0.6) is 17.2 Å². The van der Waals surface area contributed by atoms with Gasteiger partial charge >= 0.3 is 0 Å². The fourth-order valence-corrected chi connectivity index (χ4v) is 3.94. The normalized spacial score (nSPS) is 12.9. The predicted molar refractivity (Wildman–Crippen MR) is 128 cm³/mol. The third-order valence-electron chi connectivity index (χ3n) is 5.61. The molecule has 1 aromatic heterocycles. The van der Waals surface area contributed by atoms with E-state index in [0.717, 1.165) is 23.1 Å². The maximum Gasteiger partial charge on any atom is 0.254 e. The second-order valence-electron chi connectivity index (χ2n) is 7.65. The number of benzene rings is 2. The first-order valence-corrected chi connectivity index (χ1v) is 10.8. The van der Waals surface area contributed by atoms with Gasteiger partial charge in [0.2, 0.25) is 11.7 Å². The van der Waals surface area contributed by atoms with Crippen molar-refractivity contribution < 1.29 is 19.0 Å². The number of fused-ring (bicyclic) bond motifs is 1. The Morgan fingerprint density at radius 1 is 1.06 bits per heavy atom. The van der Waals surface area contributed by atoms with Crippen LogP contribution in [0.2, 0.25) is 0 Å². The lowest BCUT2D eigenvalue weighted by Crippen LogP contribution is -2.28. The number of aryl methyl sites for hydroxylation is 1. The molecule has 1 aliphatic heterocycles. The van der Waals surface area contributed by atoms with E-state index in [9.17, 15) is 4.79 Å². The van der Waals surface area contributed by atoms with Gasteiger partial charge in [0.1, 0.15) is 0 Å². The maximum absolute atomic E-state index is 12.9. The minimum absolute atomic E-state index is 0.00705. The molecule has 0 aliphatic carbocycles. The smallest absolute Gasteiger partial charge is 0.254 e. The summed E-state index contributed by atoms with van der Waals surface area (Å²) in [6.07, 6.45) is 4.77. The lowest BCUT2D eigenvalue weighted by atomic mass is 10.1. The molecule has 0 spiro atoms. The van der Waals surface area contributed by atoms with E-state index in [1.165, 1.54) is 0 Å². The summed E-state index contributed by atoms with van der Waals surface area (Å²) in [5.41, 5.74) is 8.82. The van der Waals surface area contributed by atoms with E-state index in [-0.39, 0.29) is 5.91 Å². The van der Waals surface area contributed by atoms with Gasteiger partial charge in [0.15, 0.2) is 11.5 Å². The quantitative estimate of drug-likeness (QED) is 0.482. The van der Waals surface area contributed by atoms with Crippen molar-refractivity contribution in [1.82, 2.24) is 14.5 Å². The number of nitrogens with zero attached hydrogens (tertiary/aromatic N) is 3. The number of nitrogens with one attached hydrogen (secondary N) is 1.